The molecule has 2 atom stereocenters. The minimum absolute atomic E-state index is 0.0908. The molecule has 0 aromatic carbocycles. The number of rotatable bonds is 3. The standard InChI is InChI=1S/C13H21F2NO2/c14-13(15)5-3-10(4-6-13)12(18)16-8-9-1-2-11(17)7-9/h9-11,17H,1-8H2,(H,16,18). The molecule has 0 aliphatic heterocycles. The maximum Gasteiger partial charge on any atom is 0.248 e. The second kappa shape index (κ2) is 5.51. The minimum Gasteiger partial charge on any atom is -0.393 e. The Bertz CT molecular complexity index is 299. The fourth-order valence-electron chi connectivity index (χ4n) is 2.93. The highest BCUT2D eigenvalue weighted by Crippen LogP contribution is 2.36. The summed E-state index contributed by atoms with van der Waals surface area (Å²) in [7, 11) is 0. The number of carbonyl (C=O) groups excluding carboxylic acids is 1. The van der Waals surface area contributed by atoms with Crippen LogP contribution < -0.4 is 5.32 Å². The van der Waals surface area contributed by atoms with Crippen LogP contribution in [0.25, 0.3) is 0 Å². The maximum atomic E-state index is 13.0. The van der Waals surface area contributed by atoms with E-state index in [-0.39, 0.29) is 43.6 Å². The molecule has 1 amide bonds. The van der Waals surface area contributed by atoms with E-state index in [1.807, 2.05) is 0 Å². The molecule has 0 saturated heterocycles. The van der Waals surface area contributed by atoms with Crippen molar-refractivity contribution in [3.8, 4) is 0 Å². The van der Waals surface area contributed by atoms with E-state index in [1.165, 1.54) is 0 Å². The van der Waals surface area contributed by atoms with E-state index in [1.54, 1.807) is 0 Å². The molecule has 104 valence electrons. The van der Waals surface area contributed by atoms with E-state index >= 15 is 0 Å². The second-order valence-corrected chi connectivity index (χ2v) is 5.71. The lowest BCUT2D eigenvalue weighted by molar-refractivity contribution is -0.129. The molecular weight excluding hydrogens is 240 g/mol. The Labute approximate surface area is 106 Å². The van der Waals surface area contributed by atoms with Gasteiger partial charge in [0.1, 0.15) is 0 Å². The van der Waals surface area contributed by atoms with Crippen LogP contribution in [0.1, 0.15) is 44.9 Å². The molecule has 2 rings (SSSR count). The summed E-state index contributed by atoms with van der Waals surface area (Å²) in [4.78, 5) is 11.8. The zero-order valence-electron chi connectivity index (χ0n) is 10.5. The van der Waals surface area contributed by atoms with Crippen LogP contribution in [0.2, 0.25) is 0 Å². The van der Waals surface area contributed by atoms with Crippen molar-refractivity contribution in [3.05, 3.63) is 0 Å². The van der Waals surface area contributed by atoms with Gasteiger partial charge in [-0.25, -0.2) is 8.78 Å². The third-order valence-corrected chi connectivity index (χ3v) is 4.17. The van der Waals surface area contributed by atoms with Crippen LogP contribution >= 0.6 is 0 Å². The summed E-state index contributed by atoms with van der Waals surface area (Å²) in [6.45, 7) is 0.572. The molecule has 18 heavy (non-hydrogen) atoms. The lowest BCUT2D eigenvalue weighted by Gasteiger charge is -2.27. The van der Waals surface area contributed by atoms with Gasteiger partial charge >= 0.3 is 0 Å². The maximum absolute atomic E-state index is 13.0. The first-order valence-corrected chi connectivity index (χ1v) is 6.80. The molecule has 0 radical (unpaired) electrons. The van der Waals surface area contributed by atoms with Gasteiger partial charge in [-0.1, -0.05) is 0 Å². The Kier molecular flexibility index (Phi) is 4.20. The first-order chi connectivity index (χ1) is 8.46. The van der Waals surface area contributed by atoms with Gasteiger partial charge in [-0.3, -0.25) is 4.79 Å². The van der Waals surface area contributed by atoms with E-state index in [4.69, 9.17) is 0 Å². The molecule has 0 aromatic rings. The second-order valence-electron chi connectivity index (χ2n) is 5.71. The summed E-state index contributed by atoms with van der Waals surface area (Å²) in [5.74, 6) is -2.58. The number of carbonyl (C=O) groups is 1. The van der Waals surface area contributed by atoms with Gasteiger partial charge in [0, 0.05) is 25.3 Å². The number of aliphatic hydroxyl groups is 1. The topological polar surface area (TPSA) is 49.3 Å². The van der Waals surface area contributed by atoms with Gasteiger partial charge in [0.15, 0.2) is 0 Å². The van der Waals surface area contributed by atoms with Crippen molar-refractivity contribution in [1.82, 2.24) is 5.32 Å². The Morgan fingerprint density at radius 3 is 2.44 bits per heavy atom. The van der Waals surface area contributed by atoms with Crippen LogP contribution in [-0.4, -0.2) is 29.6 Å². The number of hydrogen-bond donors (Lipinski definition) is 2. The van der Waals surface area contributed by atoms with E-state index in [0.29, 0.717) is 12.5 Å². The first kappa shape index (κ1) is 13.7. The van der Waals surface area contributed by atoms with Crippen LogP contribution in [0.5, 0.6) is 0 Å². The summed E-state index contributed by atoms with van der Waals surface area (Å²) < 4.78 is 25.9. The highest BCUT2D eigenvalue weighted by atomic mass is 19.3. The SMILES string of the molecule is O=C(NCC1CCC(O)C1)C1CCC(F)(F)CC1. The van der Waals surface area contributed by atoms with Gasteiger partial charge in [0.2, 0.25) is 11.8 Å². The molecule has 0 heterocycles. The number of alkyl halides is 2. The normalized spacial score (nSPS) is 32.4. The molecule has 0 aromatic heterocycles. The average Bonchev–Trinajstić information content (AvgIpc) is 2.72. The van der Waals surface area contributed by atoms with Crippen molar-refractivity contribution in [2.75, 3.05) is 6.54 Å². The molecule has 2 aliphatic carbocycles. The number of nitrogens with one attached hydrogen (secondary N) is 1. The predicted molar refractivity (Wildman–Crippen MR) is 63.3 cm³/mol. The predicted octanol–water partition coefficient (Wildman–Crippen LogP) is 2.09. The summed E-state index contributed by atoms with van der Waals surface area (Å²) in [6.07, 6.45) is 2.46. The van der Waals surface area contributed by atoms with Crippen molar-refractivity contribution in [3.63, 3.8) is 0 Å². The van der Waals surface area contributed by atoms with Crippen LogP contribution in [0, 0.1) is 11.8 Å². The monoisotopic (exact) mass is 261 g/mol. The summed E-state index contributed by atoms with van der Waals surface area (Å²) in [5, 5.41) is 12.2. The molecule has 2 aliphatic rings. The molecule has 0 bridgehead atoms. The fourth-order valence-corrected chi connectivity index (χ4v) is 2.93. The van der Waals surface area contributed by atoms with Crippen molar-refractivity contribution in [1.29, 1.82) is 0 Å². The van der Waals surface area contributed by atoms with Crippen LogP contribution in [-0.2, 0) is 4.79 Å². The highest BCUT2D eigenvalue weighted by molar-refractivity contribution is 5.78. The van der Waals surface area contributed by atoms with Crippen LogP contribution in [0.15, 0.2) is 0 Å². The molecule has 2 N–H and O–H groups in total. The average molecular weight is 261 g/mol. The van der Waals surface area contributed by atoms with E-state index in [2.05, 4.69) is 5.32 Å². The number of amides is 1. The summed E-state index contributed by atoms with van der Waals surface area (Å²) in [5.41, 5.74) is 0. The van der Waals surface area contributed by atoms with Gasteiger partial charge in [0.05, 0.1) is 6.10 Å². The number of halogens is 2. The highest BCUT2D eigenvalue weighted by Gasteiger charge is 2.37. The fraction of sp³-hybridized carbons (Fsp3) is 0.923. The Morgan fingerprint density at radius 1 is 1.22 bits per heavy atom. The van der Waals surface area contributed by atoms with Gasteiger partial charge < -0.3 is 10.4 Å². The lowest BCUT2D eigenvalue weighted by Crippen LogP contribution is -2.37. The molecule has 0 spiro atoms. The third kappa shape index (κ3) is 3.64. The van der Waals surface area contributed by atoms with E-state index in [9.17, 15) is 18.7 Å². The zero-order chi connectivity index (χ0) is 13.2. The number of hydrogen-bond acceptors (Lipinski definition) is 2. The molecule has 2 unspecified atom stereocenters. The van der Waals surface area contributed by atoms with Gasteiger partial charge in [-0.15, -0.1) is 0 Å². The largest absolute Gasteiger partial charge is 0.393 e. The summed E-state index contributed by atoms with van der Waals surface area (Å²) in [6, 6.07) is 0. The molecule has 3 nitrogen and oxygen atoms in total. The van der Waals surface area contributed by atoms with Crippen LogP contribution in [0.4, 0.5) is 8.78 Å². The molecule has 2 saturated carbocycles. The summed E-state index contributed by atoms with van der Waals surface area (Å²) >= 11 is 0. The smallest absolute Gasteiger partial charge is 0.248 e. The quantitative estimate of drug-likeness (QED) is 0.817. The third-order valence-electron chi connectivity index (χ3n) is 4.17. The minimum atomic E-state index is -2.58. The van der Waals surface area contributed by atoms with Gasteiger partial charge in [-0.2, -0.15) is 0 Å². The Balaban J connectivity index is 1.69. The Morgan fingerprint density at radius 2 is 1.89 bits per heavy atom. The van der Waals surface area contributed by atoms with Crippen LogP contribution in [0.3, 0.4) is 0 Å². The van der Waals surface area contributed by atoms with Crippen molar-refractivity contribution in [2.24, 2.45) is 11.8 Å². The molecular formula is C13H21F2NO2. The molecule has 5 heteroatoms. The van der Waals surface area contributed by atoms with Gasteiger partial charge in [0.25, 0.3) is 0 Å². The van der Waals surface area contributed by atoms with E-state index < -0.39 is 5.92 Å². The number of aliphatic hydroxyl groups excluding tert-OH is 1. The first-order valence-electron chi connectivity index (χ1n) is 6.80. The Hall–Kier alpha value is -0.710. The van der Waals surface area contributed by atoms with E-state index in [0.717, 1.165) is 19.3 Å². The van der Waals surface area contributed by atoms with Crippen molar-refractivity contribution >= 4 is 5.91 Å². The molecule has 2 fully saturated rings. The van der Waals surface area contributed by atoms with Crippen molar-refractivity contribution in [2.45, 2.75) is 57.0 Å². The lowest BCUT2D eigenvalue weighted by atomic mass is 9.86. The van der Waals surface area contributed by atoms with Gasteiger partial charge in [-0.05, 0) is 38.0 Å². The van der Waals surface area contributed by atoms with Crippen molar-refractivity contribution < 1.29 is 18.7 Å². The zero-order valence-corrected chi connectivity index (χ0v) is 10.5.